The van der Waals surface area contributed by atoms with Gasteiger partial charge in [-0.1, -0.05) is 18.2 Å². The van der Waals surface area contributed by atoms with Crippen molar-refractivity contribution in [2.45, 2.75) is 38.3 Å². The van der Waals surface area contributed by atoms with Crippen molar-refractivity contribution in [1.82, 2.24) is 4.98 Å². The standard InChI is InChI=1S/C14H20N2O/c1-10(15)7-14(2,17)8-11-9-16-13-6-4-3-5-12(11)13/h3-6,9-10,16-17H,7-8,15H2,1-2H3/t10-,14+/m0/s1. The summed E-state index contributed by atoms with van der Waals surface area (Å²) in [6.07, 6.45) is 3.20. The van der Waals surface area contributed by atoms with Gasteiger partial charge >= 0.3 is 0 Å². The second-order valence-corrected chi connectivity index (χ2v) is 5.21. The smallest absolute Gasteiger partial charge is 0.0675 e. The van der Waals surface area contributed by atoms with Crippen molar-refractivity contribution in [3.63, 3.8) is 0 Å². The van der Waals surface area contributed by atoms with Gasteiger partial charge in [0.05, 0.1) is 5.60 Å². The molecule has 2 aromatic rings. The van der Waals surface area contributed by atoms with Crippen LogP contribution >= 0.6 is 0 Å². The topological polar surface area (TPSA) is 62.0 Å². The van der Waals surface area contributed by atoms with Crippen LogP contribution in [-0.2, 0) is 6.42 Å². The van der Waals surface area contributed by atoms with Crippen molar-refractivity contribution in [1.29, 1.82) is 0 Å². The molecular formula is C14H20N2O. The largest absolute Gasteiger partial charge is 0.390 e. The van der Waals surface area contributed by atoms with E-state index in [1.807, 2.05) is 38.2 Å². The molecule has 92 valence electrons. The molecule has 0 unspecified atom stereocenters. The lowest BCUT2D eigenvalue weighted by Gasteiger charge is -2.25. The summed E-state index contributed by atoms with van der Waals surface area (Å²) in [6.45, 7) is 3.77. The van der Waals surface area contributed by atoms with Gasteiger partial charge in [-0.15, -0.1) is 0 Å². The molecular weight excluding hydrogens is 212 g/mol. The van der Waals surface area contributed by atoms with E-state index >= 15 is 0 Å². The molecule has 0 radical (unpaired) electrons. The first-order chi connectivity index (χ1) is 7.98. The van der Waals surface area contributed by atoms with Crippen molar-refractivity contribution in [2.75, 3.05) is 0 Å². The predicted molar refractivity (Wildman–Crippen MR) is 70.9 cm³/mol. The molecule has 0 spiro atoms. The van der Waals surface area contributed by atoms with Crippen molar-refractivity contribution >= 4 is 10.9 Å². The Morgan fingerprint density at radius 2 is 2.12 bits per heavy atom. The van der Waals surface area contributed by atoms with E-state index in [2.05, 4.69) is 11.1 Å². The maximum Gasteiger partial charge on any atom is 0.0675 e. The van der Waals surface area contributed by atoms with Gasteiger partial charge in [0.2, 0.25) is 0 Å². The van der Waals surface area contributed by atoms with Crippen LogP contribution in [0.5, 0.6) is 0 Å². The Morgan fingerprint density at radius 1 is 1.41 bits per heavy atom. The Morgan fingerprint density at radius 3 is 2.82 bits per heavy atom. The maximum atomic E-state index is 10.3. The number of hydrogen-bond acceptors (Lipinski definition) is 2. The van der Waals surface area contributed by atoms with E-state index in [1.165, 1.54) is 5.39 Å². The number of nitrogens with one attached hydrogen (secondary N) is 1. The molecule has 2 atom stereocenters. The van der Waals surface area contributed by atoms with Crippen LogP contribution in [0.15, 0.2) is 30.5 Å². The van der Waals surface area contributed by atoms with Gasteiger partial charge < -0.3 is 15.8 Å². The number of aromatic amines is 1. The molecule has 0 saturated heterocycles. The average molecular weight is 232 g/mol. The summed E-state index contributed by atoms with van der Waals surface area (Å²) in [5.74, 6) is 0. The highest BCUT2D eigenvalue weighted by Crippen LogP contribution is 2.24. The van der Waals surface area contributed by atoms with Crippen LogP contribution in [0.1, 0.15) is 25.8 Å². The molecule has 0 amide bonds. The quantitative estimate of drug-likeness (QED) is 0.756. The van der Waals surface area contributed by atoms with E-state index < -0.39 is 5.60 Å². The summed E-state index contributed by atoms with van der Waals surface area (Å²) < 4.78 is 0. The van der Waals surface area contributed by atoms with Crippen LogP contribution in [0, 0.1) is 0 Å². The summed E-state index contributed by atoms with van der Waals surface area (Å²) in [4.78, 5) is 3.22. The van der Waals surface area contributed by atoms with E-state index in [0.717, 1.165) is 11.1 Å². The fraction of sp³-hybridized carbons (Fsp3) is 0.429. The van der Waals surface area contributed by atoms with E-state index in [-0.39, 0.29) is 6.04 Å². The molecule has 0 bridgehead atoms. The highest BCUT2D eigenvalue weighted by molar-refractivity contribution is 5.83. The van der Waals surface area contributed by atoms with Crippen LogP contribution in [-0.4, -0.2) is 21.7 Å². The van der Waals surface area contributed by atoms with Gasteiger partial charge in [-0.25, -0.2) is 0 Å². The van der Waals surface area contributed by atoms with Crippen molar-refractivity contribution in [3.8, 4) is 0 Å². The van der Waals surface area contributed by atoms with E-state index in [4.69, 9.17) is 5.73 Å². The Bertz CT molecular complexity index is 500. The average Bonchev–Trinajstić information content (AvgIpc) is 2.59. The summed E-state index contributed by atoms with van der Waals surface area (Å²) in [5, 5.41) is 11.5. The molecule has 0 fully saturated rings. The second kappa shape index (κ2) is 4.51. The van der Waals surface area contributed by atoms with Crippen molar-refractivity contribution in [3.05, 3.63) is 36.0 Å². The third-order valence-corrected chi connectivity index (χ3v) is 3.01. The number of nitrogens with two attached hydrogens (primary N) is 1. The van der Waals surface area contributed by atoms with Crippen LogP contribution < -0.4 is 5.73 Å². The second-order valence-electron chi connectivity index (χ2n) is 5.21. The van der Waals surface area contributed by atoms with E-state index in [9.17, 15) is 5.11 Å². The van der Waals surface area contributed by atoms with E-state index in [1.54, 1.807) is 0 Å². The molecule has 0 aliphatic heterocycles. The first kappa shape index (κ1) is 12.1. The summed E-state index contributed by atoms with van der Waals surface area (Å²) >= 11 is 0. The van der Waals surface area contributed by atoms with Gasteiger partial charge in [-0.05, 0) is 31.9 Å². The minimum absolute atomic E-state index is 0.00945. The molecule has 0 aliphatic rings. The Labute approximate surface area is 102 Å². The Kier molecular flexibility index (Phi) is 3.22. The number of aromatic nitrogens is 1. The molecule has 4 N–H and O–H groups in total. The zero-order valence-electron chi connectivity index (χ0n) is 10.4. The molecule has 17 heavy (non-hydrogen) atoms. The van der Waals surface area contributed by atoms with Crippen molar-refractivity contribution < 1.29 is 5.11 Å². The number of benzene rings is 1. The van der Waals surface area contributed by atoms with Crippen LogP contribution in [0.2, 0.25) is 0 Å². The van der Waals surface area contributed by atoms with Gasteiger partial charge in [0, 0.05) is 29.6 Å². The van der Waals surface area contributed by atoms with Crippen LogP contribution in [0.25, 0.3) is 10.9 Å². The van der Waals surface area contributed by atoms with E-state index in [0.29, 0.717) is 12.8 Å². The summed E-state index contributed by atoms with van der Waals surface area (Å²) in [5.41, 5.74) is 7.26. The zero-order valence-corrected chi connectivity index (χ0v) is 10.4. The monoisotopic (exact) mass is 232 g/mol. The third-order valence-electron chi connectivity index (χ3n) is 3.01. The minimum atomic E-state index is -0.751. The molecule has 1 aromatic carbocycles. The number of hydrogen-bond donors (Lipinski definition) is 3. The molecule has 1 heterocycles. The molecule has 2 rings (SSSR count). The van der Waals surface area contributed by atoms with Gasteiger partial charge in [-0.2, -0.15) is 0 Å². The summed E-state index contributed by atoms with van der Waals surface area (Å²) in [6, 6.07) is 8.14. The predicted octanol–water partition coefficient (Wildman–Crippen LogP) is 2.20. The molecule has 1 aromatic heterocycles. The SMILES string of the molecule is C[C@H](N)C[C@@](C)(O)Cc1c[nH]c2ccccc12. The molecule has 3 nitrogen and oxygen atoms in total. The highest BCUT2D eigenvalue weighted by Gasteiger charge is 2.23. The van der Waals surface area contributed by atoms with Crippen LogP contribution in [0.4, 0.5) is 0 Å². The normalized spacial score (nSPS) is 16.9. The third kappa shape index (κ3) is 2.87. The highest BCUT2D eigenvalue weighted by atomic mass is 16.3. The fourth-order valence-electron chi connectivity index (χ4n) is 2.45. The van der Waals surface area contributed by atoms with Crippen molar-refractivity contribution in [2.24, 2.45) is 5.73 Å². The van der Waals surface area contributed by atoms with Gasteiger partial charge in [0.25, 0.3) is 0 Å². The number of H-pyrrole nitrogens is 1. The fourth-order valence-corrected chi connectivity index (χ4v) is 2.45. The van der Waals surface area contributed by atoms with Gasteiger partial charge in [0.15, 0.2) is 0 Å². The lowest BCUT2D eigenvalue weighted by atomic mass is 9.90. The lowest BCUT2D eigenvalue weighted by Crippen LogP contribution is -2.34. The summed E-state index contributed by atoms with van der Waals surface area (Å²) in [7, 11) is 0. The zero-order chi connectivity index (χ0) is 12.5. The first-order valence-corrected chi connectivity index (χ1v) is 6.01. The number of para-hydroxylation sites is 1. The first-order valence-electron chi connectivity index (χ1n) is 6.01. The van der Waals surface area contributed by atoms with Gasteiger partial charge in [-0.3, -0.25) is 0 Å². The Balaban J connectivity index is 2.23. The minimum Gasteiger partial charge on any atom is -0.390 e. The molecule has 0 saturated carbocycles. The van der Waals surface area contributed by atoms with Gasteiger partial charge in [0.1, 0.15) is 0 Å². The Hall–Kier alpha value is -1.32. The number of rotatable bonds is 4. The van der Waals surface area contributed by atoms with Crippen LogP contribution in [0.3, 0.4) is 0 Å². The molecule has 0 aliphatic carbocycles. The lowest BCUT2D eigenvalue weighted by molar-refractivity contribution is 0.0463. The number of aliphatic hydroxyl groups is 1. The number of fused-ring (bicyclic) bond motifs is 1. The maximum absolute atomic E-state index is 10.3. The molecule has 3 heteroatoms.